The van der Waals surface area contributed by atoms with E-state index in [0.29, 0.717) is 6.42 Å². The molecule has 0 aliphatic heterocycles. The molecule has 0 aromatic heterocycles. The summed E-state index contributed by atoms with van der Waals surface area (Å²) in [6, 6.07) is 0. The van der Waals surface area contributed by atoms with E-state index in [2.05, 4.69) is 4.52 Å². The van der Waals surface area contributed by atoms with E-state index in [4.69, 9.17) is 28.1 Å². The molecule has 0 aromatic rings. The van der Waals surface area contributed by atoms with Crippen LogP contribution in [0, 0.1) is 0 Å². The minimum atomic E-state index is -2.65. The molecule has 0 radical (unpaired) electrons. The Kier molecular flexibility index (Phi) is 5.00. The fraction of sp³-hybridized carbons (Fsp3) is 0.500. The van der Waals surface area contributed by atoms with Crippen molar-refractivity contribution < 1.29 is 14.0 Å². The number of allylic oxidation sites excluding steroid dienone is 1. The summed E-state index contributed by atoms with van der Waals surface area (Å²) in [6.45, 7) is 1.71. The lowest BCUT2D eigenvalue weighted by Crippen LogP contribution is -1.82. The van der Waals surface area contributed by atoms with Gasteiger partial charge >= 0.3 is 8.25 Å². The number of halogens is 2. The molecule has 0 aromatic carbocycles. The third-order valence-electron chi connectivity index (χ3n) is 0.720. The third-order valence-corrected chi connectivity index (χ3v) is 1.52. The summed E-state index contributed by atoms with van der Waals surface area (Å²) >= 11 is 10.5. The van der Waals surface area contributed by atoms with Crippen molar-refractivity contribution in [3.8, 4) is 0 Å². The molecule has 0 fully saturated rings. The third kappa shape index (κ3) is 4.07. The molecule has 0 saturated carbocycles. The van der Waals surface area contributed by atoms with E-state index in [1.807, 2.05) is 0 Å². The van der Waals surface area contributed by atoms with Crippen molar-refractivity contribution in [1.29, 1.82) is 0 Å². The molecule has 1 N–H and O–H groups in total. The Hall–Kier alpha value is 0.180. The highest BCUT2D eigenvalue weighted by atomic mass is 35.5. The van der Waals surface area contributed by atoms with Gasteiger partial charge in [-0.05, 0) is 0 Å². The lowest BCUT2D eigenvalue weighted by Gasteiger charge is -1.91. The van der Waals surface area contributed by atoms with Crippen LogP contribution < -0.4 is 0 Å². The summed E-state index contributed by atoms with van der Waals surface area (Å²) in [5, 5.41) is 0. The van der Waals surface area contributed by atoms with Gasteiger partial charge in [-0.25, -0.2) is 4.52 Å². The van der Waals surface area contributed by atoms with Crippen molar-refractivity contribution in [2.45, 2.75) is 13.3 Å². The van der Waals surface area contributed by atoms with Gasteiger partial charge in [0.15, 0.2) is 10.3 Å². The maximum atomic E-state index is 10.0. The molecule has 10 heavy (non-hydrogen) atoms. The van der Waals surface area contributed by atoms with Crippen molar-refractivity contribution in [3.63, 3.8) is 0 Å². The topological polar surface area (TPSA) is 46.5 Å². The first kappa shape index (κ1) is 10.2. The first-order chi connectivity index (χ1) is 4.57. The van der Waals surface area contributed by atoms with Crippen LogP contribution in [0.4, 0.5) is 0 Å². The highest BCUT2D eigenvalue weighted by molar-refractivity contribution is 7.32. The maximum absolute atomic E-state index is 10.0. The van der Waals surface area contributed by atoms with Gasteiger partial charge in [-0.3, -0.25) is 0 Å². The van der Waals surface area contributed by atoms with Gasteiger partial charge in [-0.2, -0.15) is 0 Å². The van der Waals surface area contributed by atoms with Gasteiger partial charge in [0.2, 0.25) is 0 Å². The van der Waals surface area contributed by atoms with Crippen LogP contribution in [0.5, 0.6) is 0 Å². The smallest absolute Gasteiger partial charge is 0.231 e. The van der Waals surface area contributed by atoms with Gasteiger partial charge in [0.25, 0.3) is 0 Å². The van der Waals surface area contributed by atoms with Crippen molar-refractivity contribution in [1.82, 2.24) is 0 Å². The lowest BCUT2D eigenvalue weighted by atomic mass is 10.4. The van der Waals surface area contributed by atoms with Crippen LogP contribution in [0.3, 0.4) is 0 Å². The molecule has 0 saturated heterocycles. The SMILES string of the molecule is CCC(O[P+](=O)O)=C(Cl)Cl. The highest BCUT2D eigenvalue weighted by Gasteiger charge is 2.17. The van der Waals surface area contributed by atoms with Crippen molar-refractivity contribution in [2.24, 2.45) is 0 Å². The Bertz CT molecular complexity index is 164. The Labute approximate surface area is 69.5 Å². The maximum Gasteiger partial charge on any atom is 0.747 e. The molecular weight excluding hydrogens is 198 g/mol. The van der Waals surface area contributed by atoms with Crippen LogP contribution >= 0.6 is 31.5 Å². The fourth-order valence-corrected chi connectivity index (χ4v) is 1.19. The quantitative estimate of drug-likeness (QED) is 0.567. The Morgan fingerprint density at radius 3 is 2.30 bits per heavy atom. The zero-order valence-electron chi connectivity index (χ0n) is 5.17. The Morgan fingerprint density at radius 1 is 1.70 bits per heavy atom. The van der Waals surface area contributed by atoms with Gasteiger partial charge < -0.3 is 0 Å². The second-order valence-corrected chi connectivity index (χ2v) is 2.97. The number of rotatable bonds is 3. The zero-order chi connectivity index (χ0) is 8.15. The van der Waals surface area contributed by atoms with Crippen molar-refractivity contribution in [2.75, 3.05) is 0 Å². The molecule has 3 nitrogen and oxygen atoms in total. The first-order valence-electron chi connectivity index (χ1n) is 2.46. The average Bonchev–Trinajstić information content (AvgIpc) is 1.81. The molecule has 58 valence electrons. The van der Waals surface area contributed by atoms with Crippen LogP contribution in [0.15, 0.2) is 10.3 Å². The molecule has 0 aliphatic carbocycles. The highest BCUT2D eigenvalue weighted by Crippen LogP contribution is 2.27. The van der Waals surface area contributed by atoms with E-state index < -0.39 is 8.25 Å². The molecule has 0 rings (SSSR count). The second kappa shape index (κ2) is 4.91. The molecule has 0 spiro atoms. The molecule has 0 bridgehead atoms. The second-order valence-electron chi connectivity index (χ2n) is 1.37. The van der Waals surface area contributed by atoms with Crippen LogP contribution in [0.2, 0.25) is 0 Å². The van der Waals surface area contributed by atoms with E-state index >= 15 is 0 Å². The molecule has 0 amide bonds. The number of hydrogen-bond donors (Lipinski definition) is 1. The summed E-state index contributed by atoms with van der Waals surface area (Å²) in [5.41, 5.74) is 0. The van der Waals surface area contributed by atoms with Gasteiger partial charge in [-0.1, -0.05) is 30.1 Å². The molecule has 1 atom stereocenters. The molecular formula is C4H6Cl2O3P+. The Balaban J connectivity index is 4.11. The van der Waals surface area contributed by atoms with E-state index in [-0.39, 0.29) is 10.3 Å². The molecule has 0 aliphatic rings. The summed E-state index contributed by atoms with van der Waals surface area (Å²) in [6.07, 6.45) is 0.393. The molecule has 1 unspecified atom stereocenters. The predicted molar refractivity (Wildman–Crippen MR) is 39.9 cm³/mol. The van der Waals surface area contributed by atoms with E-state index in [0.717, 1.165) is 0 Å². The van der Waals surface area contributed by atoms with Gasteiger partial charge in [0.1, 0.15) is 0 Å². The fourth-order valence-electron chi connectivity index (χ4n) is 0.327. The van der Waals surface area contributed by atoms with Crippen LogP contribution in [-0.2, 0) is 9.09 Å². The monoisotopic (exact) mass is 203 g/mol. The summed E-state index contributed by atoms with van der Waals surface area (Å²) in [4.78, 5) is 8.24. The standard InChI is InChI=1S/C4H5Cl2O3P/c1-2-3(4(5)6)9-10(7)8/h2H2,1H3/p+1. The van der Waals surface area contributed by atoms with Gasteiger partial charge in [0.05, 0.1) is 0 Å². The van der Waals surface area contributed by atoms with Crippen molar-refractivity contribution >= 4 is 31.5 Å². The van der Waals surface area contributed by atoms with Crippen LogP contribution in [0.25, 0.3) is 0 Å². The minimum absolute atomic E-state index is 0.111. The first-order valence-corrected chi connectivity index (χ1v) is 4.34. The van der Waals surface area contributed by atoms with Crippen molar-refractivity contribution in [3.05, 3.63) is 10.3 Å². The Morgan fingerprint density at radius 2 is 2.20 bits per heavy atom. The van der Waals surface area contributed by atoms with Crippen LogP contribution in [0.1, 0.15) is 13.3 Å². The predicted octanol–water partition coefficient (Wildman–Crippen LogP) is 2.71. The summed E-state index contributed by atoms with van der Waals surface area (Å²) < 4.78 is 14.3. The molecule has 6 heteroatoms. The average molecular weight is 204 g/mol. The summed E-state index contributed by atoms with van der Waals surface area (Å²) in [5.74, 6) is 0.131. The van der Waals surface area contributed by atoms with Gasteiger partial charge in [-0.15, -0.1) is 4.89 Å². The lowest BCUT2D eigenvalue weighted by molar-refractivity contribution is 0.343. The number of hydrogen-bond acceptors (Lipinski definition) is 2. The zero-order valence-corrected chi connectivity index (χ0v) is 7.58. The van der Waals surface area contributed by atoms with Crippen LogP contribution in [-0.4, -0.2) is 4.89 Å². The van der Waals surface area contributed by atoms with E-state index in [9.17, 15) is 4.57 Å². The summed E-state index contributed by atoms with van der Waals surface area (Å²) in [7, 11) is -2.65. The van der Waals surface area contributed by atoms with Gasteiger partial charge in [0, 0.05) is 11.0 Å². The normalized spacial score (nSPS) is 10.6. The van der Waals surface area contributed by atoms with E-state index in [1.54, 1.807) is 6.92 Å². The largest absolute Gasteiger partial charge is 0.747 e. The minimum Gasteiger partial charge on any atom is -0.231 e. The van der Waals surface area contributed by atoms with E-state index in [1.165, 1.54) is 0 Å². The molecule has 0 heterocycles.